The smallest absolute Gasteiger partial charge is 0.0546 e. The Balaban J connectivity index is 1.80. The molecule has 0 bridgehead atoms. The topological polar surface area (TPSA) is 20.2 Å². The third kappa shape index (κ3) is 2.65. The molecule has 0 amide bonds. The summed E-state index contributed by atoms with van der Waals surface area (Å²) in [6.45, 7) is 4.43. The molecule has 1 heteroatoms. The quantitative estimate of drug-likeness (QED) is 0.801. The van der Waals surface area contributed by atoms with E-state index >= 15 is 0 Å². The van der Waals surface area contributed by atoms with Crippen molar-refractivity contribution in [3.8, 4) is 0 Å². The summed E-state index contributed by atoms with van der Waals surface area (Å²) in [5.74, 6) is 1.31. The predicted octanol–water partition coefficient (Wildman–Crippen LogP) is 3.51. The first-order valence-electron chi connectivity index (χ1n) is 6.42. The Morgan fingerprint density at radius 1 is 1.25 bits per heavy atom. The molecule has 1 N–H and O–H groups in total. The van der Waals surface area contributed by atoms with Crippen LogP contribution in [0, 0.1) is 5.92 Å². The van der Waals surface area contributed by atoms with E-state index in [4.69, 9.17) is 0 Å². The SMILES string of the molecule is CC(C)CCC(O)CC1Cc2ccccc21. The second-order valence-corrected chi connectivity index (χ2v) is 5.46. The van der Waals surface area contributed by atoms with E-state index in [0.717, 1.165) is 25.7 Å². The lowest BCUT2D eigenvalue weighted by atomic mass is 9.74. The summed E-state index contributed by atoms with van der Waals surface area (Å²) in [6, 6.07) is 8.61. The van der Waals surface area contributed by atoms with Gasteiger partial charge in [0.1, 0.15) is 0 Å². The van der Waals surface area contributed by atoms with Crippen molar-refractivity contribution in [2.75, 3.05) is 0 Å². The summed E-state index contributed by atoms with van der Waals surface area (Å²) in [5.41, 5.74) is 2.94. The van der Waals surface area contributed by atoms with Gasteiger partial charge in [0.2, 0.25) is 0 Å². The summed E-state index contributed by atoms with van der Waals surface area (Å²) in [6.07, 6.45) is 4.09. The molecule has 0 radical (unpaired) electrons. The van der Waals surface area contributed by atoms with Crippen molar-refractivity contribution in [1.29, 1.82) is 0 Å². The Kier molecular flexibility index (Phi) is 3.65. The molecule has 0 heterocycles. The molecule has 0 saturated carbocycles. The Morgan fingerprint density at radius 3 is 2.69 bits per heavy atom. The van der Waals surface area contributed by atoms with E-state index in [-0.39, 0.29) is 6.10 Å². The van der Waals surface area contributed by atoms with Crippen LogP contribution in [0.15, 0.2) is 24.3 Å². The first-order valence-corrected chi connectivity index (χ1v) is 6.42. The molecule has 1 aliphatic carbocycles. The minimum atomic E-state index is -0.110. The molecule has 88 valence electrons. The van der Waals surface area contributed by atoms with Crippen molar-refractivity contribution < 1.29 is 5.11 Å². The van der Waals surface area contributed by atoms with Crippen LogP contribution in [0.2, 0.25) is 0 Å². The van der Waals surface area contributed by atoms with Gasteiger partial charge in [-0.15, -0.1) is 0 Å². The van der Waals surface area contributed by atoms with E-state index in [1.165, 1.54) is 11.1 Å². The number of fused-ring (bicyclic) bond motifs is 1. The lowest BCUT2D eigenvalue weighted by Gasteiger charge is -2.31. The number of hydrogen-bond acceptors (Lipinski definition) is 1. The molecule has 0 fully saturated rings. The van der Waals surface area contributed by atoms with E-state index in [9.17, 15) is 5.11 Å². The number of benzene rings is 1. The molecule has 1 nitrogen and oxygen atoms in total. The van der Waals surface area contributed by atoms with Crippen molar-refractivity contribution in [2.45, 2.75) is 51.6 Å². The van der Waals surface area contributed by atoms with Gasteiger partial charge in [-0.3, -0.25) is 0 Å². The summed E-state index contributed by atoms with van der Waals surface area (Å²) in [4.78, 5) is 0. The maximum atomic E-state index is 9.96. The summed E-state index contributed by atoms with van der Waals surface area (Å²) < 4.78 is 0. The maximum Gasteiger partial charge on any atom is 0.0546 e. The minimum absolute atomic E-state index is 0.110. The molecule has 0 saturated heterocycles. The van der Waals surface area contributed by atoms with Gasteiger partial charge in [0.05, 0.1) is 6.10 Å². The molecule has 1 aliphatic rings. The molecule has 1 aromatic carbocycles. The summed E-state index contributed by atoms with van der Waals surface area (Å²) in [5, 5.41) is 9.96. The van der Waals surface area contributed by atoms with Crippen LogP contribution in [-0.2, 0) is 6.42 Å². The Labute approximate surface area is 98.5 Å². The zero-order valence-electron chi connectivity index (χ0n) is 10.3. The van der Waals surface area contributed by atoms with Crippen LogP contribution in [-0.4, -0.2) is 11.2 Å². The second kappa shape index (κ2) is 5.01. The molecule has 1 aromatic rings. The van der Waals surface area contributed by atoms with Crippen molar-refractivity contribution in [3.05, 3.63) is 35.4 Å². The van der Waals surface area contributed by atoms with E-state index < -0.39 is 0 Å². The van der Waals surface area contributed by atoms with E-state index in [1.54, 1.807) is 0 Å². The highest BCUT2D eigenvalue weighted by molar-refractivity contribution is 5.39. The average molecular weight is 218 g/mol. The van der Waals surface area contributed by atoms with Crippen LogP contribution < -0.4 is 0 Å². The number of rotatable bonds is 5. The predicted molar refractivity (Wildman–Crippen MR) is 67.6 cm³/mol. The average Bonchev–Trinajstić information content (AvgIpc) is 2.23. The van der Waals surface area contributed by atoms with Crippen LogP contribution in [0.1, 0.15) is 50.2 Å². The van der Waals surface area contributed by atoms with Crippen LogP contribution >= 0.6 is 0 Å². The first kappa shape index (κ1) is 11.7. The van der Waals surface area contributed by atoms with Crippen LogP contribution in [0.25, 0.3) is 0 Å². The number of hydrogen-bond donors (Lipinski definition) is 1. The highest BCUT2D eigenvalue weighted by Crippen LogP contribution is 2.38. The monoisotopic (exact) mass is 218 g/mol. The summed E-state index contributed by atoms with van der Waals surface area (Å²) in [7, 11) is 0. The van der Waals surface area contributed by atoms with Gasteiger partial charge in [-0.25, -0.2) is 0 Å². The zero-order valence-corrected chi connectivity index (χ0v) is 10.3. The lowest BCUT2D eigenvalue weighted by molar-refractivity contribution is 0.135. The van der Waals surface area contributed by atoms with Crippen LogP contribution in [0.4, 0.5) is 0 Å². The largest absolute Gasteiger partial charge is 0.393 e. The normalized spacial score (nSPS) is 20.4. The Bertz CT molecular complexity index is 343. The van der Waals surface area contributed by atoms with Gasteiger partial charge in [0.15, 0.2) is 0 Å². The van der Waals surface area contributed by atoms with Crippen molar-refractivity contribution >= 4 is 0 Å². The fourth-order valence-electron chi connectivity index (χ4n) is 2.54. The fraction of sp³-hybridized carbons (Fsp3) is 0.600. The second-order valence-electron chi connectivity index (χ2n) is 5.46. The van der Waals surface area contributed by atoms with Crippen LogP contribution in [0.3, 0.4) is 0 Å². The van der Waals surface area contributed by atoms with Gasteiger partial charge in [0, 0.05) is 0 Å². The molecule has 0 aromatic heterocycles. The molecule has 2 rings (SSSR count). The van der Waals surface area contributed by atoms with E-state index in [1.807, 2.05) is 0 Å². The third-order valence-corrected chi connectivity index (χ3v) is 3.60. The molecular weight excluding hydrogens is 196 g/mol. The molecular formula is C15H22O. The van der Waals surface area contributed by atoms with Gasteiger partial charge < -0.3 is 5.11 Å². The number of aliphatic hydroxyl groups excluding tert-OH is 1. The van der Waals surface area contributed by atoms with E-state index in [2.05, 4.69) is 38.1 Å². The maximum absolute atomic E-state index is 9.96. The molecule has 0 aliphatic heterocycles. The zero-order chi connectivity index (χ0) is 11.5. The van der Waals surface area contributed by atoms with Gasteiger partial charge in [-0.1, -0.05) is 38.1 Å². The van der Waals surface area contributed by atoms with Gasteiger partial charge in [-0.05, 0) is 48.6 Å². The molecule has 0 spiro atoms. The van der Waals surface area contributed by atoms with E-state index in [0.29, 0.717) is 11.8 Å². The molecule has 2 atom stereocenters. The van der Waals surface area contributed by atoms with Crippen molar-refractivity contribution in [1.82, 2.24) is 0 Å². The Hall–Kier alpha value is -0.820. The van der Waals surface area contributed by atoms with Gasteiger partial charge >= 0.3 is 0 Å². The van der Waals surface area contributed by atoms with Crippen LogP contribution in [0.5, 0.6) is 0 Å². The van der Waals surface area contributed by atoms with Crippen molar-refractivity contribution in [2.24, 2.45) is 5.92 Å². The standard InChI is InChI=1S/C15H22O/c1-11(2)7-8-14(16)10-13-9-12-5-3-4-6-15(12)13/h3-6,11,13-14,16H,7-10H2,1-2H3. The third-order valence-electron chi connectivity index (χ3n) is 3.60. The highest BCUT2D eigenvalue weighted by Gasteiger charge is 2.27. The number of aliphatic hydroxyl groups is 1. The highest BCUT2D eigenvalue weighted by atomic mass is 16.3. The lowest BCUT2D eigenvalue weighted by Crippen LogP contribution is -2.22. The minimum Gasteiger partial charge on any atom is -0.393 e. The van der Waals surface area contributed by atoms with Gasteiger partial charge in [-0.2, -0.15) is 0 Å². The van der Waals surface area contributed by atoms with Gasteiger partial charge in [0.25, 0.3) is 0 Å². The molecule has 2 unspecified atom stereocenters. The molecule has 16 heavy (non-hydrogen) atoms. The summed E-state index contributed by atoms with van der Waals surface area (Å²) >= 11 is 0. The Morgan fingerprint density at radius 2 is 2.00 bits per heavy atom. The first-order chi connectivity index (χ1) is 7.66. The van der Waals surface area contributed by atoms with Crippen molar-refractivity contribution in [3.63, 3.8) is 0 Å². The fourth-order valence-corrected chi connectivity index (χ4v) is 2.54.